The van der Waals surface area contributed by atoms with Gasteiger partial charge in [0.15, 0.2) is 6.23 Å². The summed E-state index contributed by atoms with van der Waals surface area (Å²) in [6, 6.07) is -0.665. The van der Waals surface area contributed by atoms with Gasteiger partial charge in [0.2, 0.25) is 11.8 Å². The number of imide groups is 1. The maximum atomic E-state index is 12.3. The predicted molar refractivity (Wildman–Crippen MR) is 150 cm³/mol. The summed E-state index contributed by atoms with van der Waals surface area (Å²) in [7, 11) is 0. The van der Waals surface area contributed by atoms with Crippen molar-refractivity contribution >= 4 is 17.8 Å². The Balaban J connectivity index is 0.787. The Labute approximate surface area is 241 Å². The Morgan fingerprint density at radius 1 is 0.902 bits per heavy atom. The van der Waals surface area contributed by atoms with Gasteiger partial charge in [-0.15, -0.1) is 0 Å². The minimum absolute atomic E-state index is 0.0104. The van der Waals surface area contributed by atoms with Crippen LogP contribution in [0.2, 0.25) is 0 Å². The minimum Gasteiger partial charge on any atom is -0.387 e. The molecule has 14 atom stereocenters. The van der Waals surface area contributed by atoms with Crippen molar-refractivity contribution in [1.29, 1.82) is 0 Å². The molecule has 2 aliphatic heterocycles. The molecular weight excluding hydrogens is 522 g/mol. The Hall–Kier alpha value is -2.49. The van der Waals surface area contributed by atoms with E-state index >= 15 is 0 Å². The number of carbonyl (C=O) groups excluding carboxylic acids is 3. The highest BCUT2D eigenvalue weighted by atomic mass is 16.6. The van der Waals surface area contributed by atoms with Gasteiger partial charge in [-0.05, 0) is 91.3 Å². The van der Waals surface area contributed by atoms with Gasteiger partial charge in [0.1, 0.15) is 18.3 Å². The van der Waals surface area contributed by atoms with Crippen LogP contribution < -0.4 is 10.6 Å². The molecule has 7 fully saturated rings. The summed E-state index contributed by atoms with van der Waals surface area (Å²) in [5.74, 6) is 8.29. The summed E-state index contributed by atoms with van der Waals surface area (Å²) in [6.45, 7) is 2.44. The van der Waals surface area contributed by atoms with E-state index < -0.39 is 36.5 Å². The van der Waals surface area contributed by atoms with Gasteiger partial charge in [0.25, 0.3) is 0 Å². The molecule has 0 aromatic rings. The zero-order chi connectivity index (χ0) is 28.4. The van der Waals surface area contributed by atoms with Gasteiger partial charge in [-0.3, -0.25) is 19.8 Å². The first-order valence-corrected chi connectivity index (χ1v) is 15.7. The van der Waals surface area contributed by atoms with Crippen LogP contribution >= 0.6 is 0 Å². The standard InChI is InChI=1S/C32H43N3O6/c1-16-10-17(16)6-7-19-12-21(19)23-14-25(23)24-13-22(24)20-11-18(20)4-2-3-5-27(36)33-15-26-29(38)30(39)31(41-26)35-9-8-28(37)34-32(35)40/h2-7,16-26,29-31,38-39H,8-15H2,1H3,(H,33,36)(H,34,37,40)/b4-2+,5-3+,7-6?/t16-,17-,18+,19+,20+,21-,22-,23-,24-,25+,26+,29+,30-,31-/m1/s1. The van der Waals surface area contributed by atoms with E-state index in [1.807, 2.05) is 6.08 Å². The second kappa shape index (κ2) is 10.7. The quantitative estimate of drug-likeness (QED) is 0.173. The van der Waals surface area contributed by atoms with Gasteiger partial charge >= 0.3 is 6.03 Å². The molecule has 7 rings (SSSR count). The lowest BCUT2D eigenvalue weighted by atomic mass is 10.1. The number of amides is 4. The Bertz CT molecular complexity index is 1170. The van der Waals surface area contributed by atoms with Crippen molar-refractivity contribution in [2.24, 2.45) is 59.2 Å². The van der Waals surface area contributed by atoms with Gasteiger partial charge < -0.3 is 20.3 Å². The Morgan fingerprint density at radius 2 is 1.54 bits per heavy atom. The van der Waals surface area contributed by atoms with Crippen LogP contribution in [0.15, 0.2) is 36.5 Å². The van der Waals surface area contributed by atoms with Gasteiger partial charge in [-0.1, -0.05) is 37.3 Å². The van der Waals surface area contributed by atoms with Crippen molar-refractivity contribution in [2.45, 2.75) is 70.0 Å². The zero-order valence-corrected chi connectivity index (χ0v) is 23.7. The van der Waals surface area contributed by atoms with Crippen molar-refractivity contribution in [2.75, 3.05) is 13.1 Å². The second-order valence-corrected chi connectivity index (χ2v) is 13.8. The lowest BCUT2D eigenvalue weighted by Gasteiger charge is -2.32. The summed E-state index contributed by atoms with van der Waals surface area (Å²) in [6.07, 6.45) is 15.0. The van der Waals surface area contributed by atoms with Crippen molar-refractivity contribution in [1.82, 2.24) is 15.5 Å². The molecule has 0 spiro atoms. The number of nitrogens with zero attached hydrogens (tertiary/aromatic N) is 1. The van der Waals surface area contributed by atoms with E-state index in [1.165, 1.54) is 43.1 Å². The predicted octanol–water partition coefficient (Wildman–Crippen LogP) is 2.36. The number of rotatable bonds is 11. The highest BCUT2D eigenvalue weighted by molar-refractivity contribution is 5.96. The molecule has 2 heterocycles. The van der Waals surface area contributed by atoms with Crippen LogP contribution in [-0.2, 0) is 14.3 Å². The molecule has 7 aliphatic rings. The molecule has 9 heteroatoms. The van der Waals surface area contributed by atoms with Gasteiger partial charge in [0, 0.05) is 25.6 Å². The lowest BCUT2D eigenvalue weighted by molar-refractivity contribution is -0.125. The number of carbonyl (C=O) groups is 3. The number of allylic oxidation sites excluding steroid dienone is 5. The van der Waals surface area contributed by atoms with E-state index in [1.54, 1.807) is 6.08 Å². The first kappa shape index (κ1) is 27.3. The minimum atomic E-state index is -1.33. The summed E-state index contributed by atoms with van der Waals surface area (Å²) in [5.41, 5.74) is 0. The largest absolute Gasteiger partial charge is 0.387 e. The van der Waals surface area contributed by atoms with Crippen molar-refractivity contribution in [3.63, 3.8) is 0 Å². The third-order valence-electron chi connectivity index (χ3n) is 10.9. The third kappa shape index (κ3) is 5.90. The monoisotopic (exact) mass is 565 g/mol. The van der Waals surface area contributed by atoms with Crippen molar-refractivity contribution in [3.8, 4) is 0 Å². The molecule has 5 saturated carbocycles. The normalized spacial score (nSPS) is 48.2. The number of urea groups is 1. The number of ether oxygens (including phenoxy) is 1. The Morgan fingerprint density at radius 3 is 2.20 bits per heavy atom. The smallest absolute Gasteiger partial charge is 0.326 e. The van der Waals surface area contributed by atoms with Gasteiger partial charge in [0.05, 0.1) is 0 Å². The molecule has 0 aromatic carbocycles. The summed E-state index contributed by atoms with van der Waals surface area (Å²) in [5, 5.41) is 25.6. The molecule has 0 unspecified atom stereocenters. The fraction of sp³-hybridized carbons (Fsp3) is 0.719. The third-order valence-corrected chi connectivity index (χ3v) is 10.9. The molecular formula is C32H43N3O6. The van der Waals surface area contributed by atoms with E-state index in [0.29, 0.717) is 5.92 Å². The molecule has 5 aliphatic carbocycles. The molecule has 0 radical (unpaired) electrons. The van der Waals surface area contributed by atoms with Crippen LogP contribution in [-0.4, -0.2) is 70.6 Å². The van der Waals surface area contributed by atoms with Gasteiger partial charge in [-0.25, -0.2) is 4.79 Å². The molecule has 2 saturated heterocycles. The first-order valence-electron chi connectivity index (χ1n) is 15.7. The SMILES string of the molecule is C[C@@H]1C[C@H]1C=C[C@H]1C[C@H]1[C@H]1C[C@@H]1[C@@H]1C[C@@H]1[C@H]1C[C@@H]1/C=C/C=C/C(=O)NC[C@@H]1O[C@@H](N2CCC(=O)NC2=O)[C@H](O)[C@H]1O. The fourth-order valence-electron chi connectivity index (χ4n) is 7.83. The summed E-state index contributed by atoms with van der Waals surface area (Å²) in [4.78, 5) is 36.9. The summed E-state index contributed by atoms with van der Waals surface area (Å²) < 4.78 is 5.67. The fourth-order valence-corrected chi connectivity index (χ4v) is 7.83. The van der Waals surface area contributed by atoms with E-state index in [4.69, 9.17) is 4.74 Å². The topological polar surface area (TPSA) is 128 Å². The maximum absolute atomic E-state index is 12.3. The number of hydrogen-bond donors (Lipinski definition) is 4. The van der Waals surface area contributed by atoms with Crippen LogP contribution in [0.3, 0.4) is 0 Å². The van der Waals surface area contributed by atoms with Crippen LogP contribution in [0, 0.1) is 59.2 Å². The molecule has 222 valence electrons. The van der Waals surface area contributed by atoms with E-state index in [0.717, 1.165) is 53.3 Å². The number of nitrogens with one attached hydrogen (secondary N) is 2. The molecule has 4 amide bonds. The van der Waals surface area contributed by atoms with Crippen LogP contribution in [0.25, 0.3) is 0 Å². The molecule has 9 nitrogen and oxygen atoms in total. The molecule has 41 heavy (non-hydrogen) atoms. The average molecular weight is 566 g/mol. The van der Waals surface area contributed by atoms with Gasteiger partial charge in [-0.2, -0.15) is 0 Å². The maximum Gasteiger partial charge on any atom is 0.326 e. The van der Waals surface area contributed by atoms with E-state index in [9.17, 15) is 24.6 Å². The van der Waals surface area contributed by atoms with Crippen LogP contribution in [0.5, 0.6) is 0 Å². The highest BCUT2D eigenvalue weighted by Crippen LogP contribution is 2.70. The van der Waals surface area contributed by atoms with Crippen molar-refractivity contribution < 1.29 is 29.3 Å². The van der Waals surface area contributed by atoms with Crippen LogP contribution in [0.1, 0.15) is 45.4 Å². The zero-order valence-electron chi connectivity index (χ0n) is 23.7. The Kier molecular flexibility index (Phi) is 7.11. The van der Waals surface area contributed by atoms with Crippen LogP contribution in [0.4, 0.5) is 4.79 Å². The highest BCUT2D eigenvalue weighted by Gasteiger charge is 2.63. The molecule has 4 N–H and O–H groups in total. The van der Waals surface area contributed by atoms with Crippen molar-refractivity contribution in [3.05, 3.63) is 36.5 Å². The average Bonchev–Trinajstić information content (AvgIpc) is 3.72. The summed E-state index contributed by atoms with van der Waals surface area (Å²) >= 11 is 0. The molecule has 0 bridgehead atoms. The number of aliphatic hydroxyl groups is 2. The number of aliphatic hydroxyl groups excluding tert-OH is 2. The second-order valence-electron chi connectivity index (χ2n) is 13.8. The molecule has 0 aromatic heterocycles. The van der Waals surface area contributed by atoms with E-state index in [-0.39, 0.29) is 25.4 Å². The lowest BCUT2D eigenvalue weighted by Crippen LogP contribution is -2.56. The number of hydrogen-bond acceptors (Lipinski definition) is 6. The first-order chi connectivity index (χ1) is 19.8. The van der Waals surface area contributed by atoms with E-state index in [2.05, 4.69) is 35.8 Å².